The van der Waals surface area contributed by atoms with Gasteiger partial charge in [-0.3, -0.25) is 4.79 Å². The zero-order chi connectivity index (χ0) is 12.3. The normalized spacial score (nSPS) is 15.4. The molecule has 88 valence electrons. The second-order valence-electron chi connectivity index (χ2n) is 2.95. The third-order valence-corrected chi connectivity index (χ3v) is 3.33. The van der Waals surface area contributed by atoms with Crippen molar-refractivity contribution in [2.45, 2.75) is 18.2 Å². The minimum Gasteiger partial charge on any atom is -0.481 e. The van der Waals surface area contributed by atoms with Crippen LogP contribution in [0.2, 0.25) is 0 Å². The first-order valence-corrected chi connectivity index (χ1v) is 5.91. The lowest BCUT2D eigenvalue weighted by Crippen LogP contribution is -2.56. The molecule has 3 N–H and O–H groups in total. The Labute approximate surface area is 87.1 Å². The number of esters is 1. The van der Waals surface area contributed by atoms with Crippen LogP contribution in [0.25, 0.3) is 0 Å². The molecule has 7 nitrogen and oxygen atoms in total. The molecule has 0 aliphatic rings. The third-order valence-electron chi connectivity index (χ3n) is 1.70. The maximum Gasteiger partial charge on any atom is 0.342 e. The highest BCUT2D eigenvalue weighted by atomic mass is 32.2. The number of carboxylic acid groups (broad SMARTS) is 1. The summed E-state index contributed by atoms with van der Waals surface area (Å²) in [6.45, 7) is 1.38. The van der Waals surface area contributed by atoms with Crippen molar-refractivity contribution >= 4 is 21.8 Å². The van der Waals surface area contributed by atoms with Gasteiger partial charge in [0.2, 0.25) is 4.87 Å². The first-order chi connectivity index (χ1) is 6.65. The highest BCUT2D eigenvalue weighted by Gasteiger charge is 2.47. The summed E-state index contributed by atoms with van der Waals surface area (Å²) < 4.78 is 26.9. The minimum absolute atomic E-state index is 0.0765. The summed E-state index contributed by atoms with van der Waals surface area (Å²) in [5.41, 5.74) is 5.26. The van der Waals surface area contributed by atoms with Gasteiger partial charge in [-0.2, -0.15) is 0 Å². The Hall–Kier alpha value is -1.15. The van der Waals surface area contributed by atoms with Crippen molar-refractivity contribution in [1.82, 2.24) is 0 Å². The van der Waals surface area contributed by atoms with Gasteiger partial charge in [0.1, 0.15) is 0 Å². The first-order valence-electron chi connectivity index (χ1n) is 4.02. The van der Waals surface area contributed by atoms with E-state index in [1.165, 1.54) is 6.92 Å². The topological polar surface area (TPSA) is 124 Å². The summed E-state index contributed by atoms with van der Waals surface area (Å²) in [6, 6.07) is 0. The first kappa shape index (κ1) is 13.8. The molecule has 0 aliphatic carbocycles. The second-order valence-corrected chi connectivity index (χ2v) is 5.23. The molecule has 0 aromatic carbocycles. The van der Waals surface area contributed by atoms with Gasteiger partial charge in [0, 0.05) is 6.26 Å². The Morgan fingerprint density at radius 2 is 1.93 bits per heavy atom. The number of nitrogens with two attached hydrogens (primary N) is 1. The molecule has 0 fully saturated rings. The van der Waals surface area contributed by atoms with Crippen LogP contribution in [-0.4, -0.2) is 43.2 Å². The van der Waals surface area contributed by atoms with Crippen LogP contribution in [0.4, 0.5) is 0 Å². The molecular formula is C7H13NO6S. The molecule has 8 heteroatoms. The lowest BCUT2D eigenvalue weighted by atomic mass is 10.2. The molecule has 0 amide bonds. The van der Waals surface area contributed by atoms with E-state index in [9.17, 15) is 18.0 Å². The van der Waals surface area contributed by atoms with E-state index < -0.39 is 33.1 Å². The maximum absolute atomic E-state index is 11.3. The molecular weight excluding hydrogens is 226 g/mol. The highest BCUT2D eigenvalue weighted by Crippen LogP contribution is 2.16. The van der Waals surface area contributed by atoms with E-state index in [0.717, 1.165) is 0 Å². The van der Waals surface area contributed by atoms with Gasteiger partial charge >= 0.3 is 11.9 Å². The van der Waals surface area contributed by atoms with Gasteiger partial charge in [-0.15, -0.1) is 0 Å². The van der Waals surface area contributed by atoms with Gasteiger partial charge in [-0.1, -0.05) is 0 Å². The fourth-order valence-corrected chi connectivity index (χ4v) is 1.58. The number of aliphatic carboxylic acids is 1. The number of hydrogen-bond donors (Lipinski definition) is 2. The van der Waals surface area contributed by atoms with Crippen LogP contribution in [0.1, 0.15) is 13.3 Å². The SMILES string of the molecule is CCOC(=O)C(N)(CC(=O)O)S(C)(=O)=O. The van der Waals surface area contributed by atoms with Crippen LogP contribution in [0.3, 0.4) is 0 Å². The number of carbonyl (C=O) groups excluding carboxylic acids is 1. The van der Waals surface area contributed by atoms with Crippen molar-refractivity contribution in [3.05, 3.63) is 0 Å². The molecule has 0 aromatic heterocycles. The average Bonchev–Trinajstić information content (AvgIpc) is 2.01. The molecule has 0 spiro atoms. The Balaban J connectivity index is 5.22. The fourth-order valence-electron chi connectivity index (χ4n) is 0.833. The lowest BCUT2D eigenvalue weighted by Gasteiger charge is -2.22. The monoisotopic (exact) mass is 239 g/mol. The van der Waals surface area contributed by atoms with Crippen molar-refractivity contribution in [3.63, 3.8) is 0 Å². The molecule has 15 heavy (non-hydrogen) atoms. The number of ether oxygens (including phenoxy) is 1. The van der Waals surface area contributed by atoms with Crippen LogP contribution in [0, 0.1) is 0 Å². The predicted octanol–water partition coefficient (Wildman–Crippen LogP) is -1.28. The van der Waals surface area contributed by atoms with Gasteiger partial charge in [0.25, 0.3) is 0 Å². The van der Waals surface area contributed by atoms with Crippen LogP contribution >= 0.6 is 0 Å². The summed E-state index contributed by atoms with van der Waals surface area (Å²) >= 11 is 0. The summed E-state index contributed by atoms with van der Waals surface area (Å²) in [7, 11) is -4.06. The molecule has 0 aromatic rings. The van der Waals surface area contributed by atoms with E-state index in [4.69, 9.17) is 10.8 Å². The van der Waals surface area contributed by atoms with Gasteiger partial charge in [-0.05, 0) is 6.92 Å². The molecule has 0 saturated carbocycles. The summed E-state index contributed by atoms with van der Waals surface area (Å²) in [6.07, 6.45) is -0.336. The molecule has 0 aliphatic heterocycles. The van der Waals surface area contributed by atoms with Crippen molar-refractivity contribution < 1.29 is 27.9 Å². The summed E-state index contributed by atoms with van der Waals surface area (Å²) in [5, 5.41) is 8.48. The Bertz CT molecular complexity index is 362. The number of rotatable bonds is 5. The van der Waals surface area contributed by atoms with Crippen molar-refractivity contribution in [1.29, 1.82) is 0 Å². The van der Waals surface area contributed by atoms with Gasteiger partial charge in [-0.25, -0.2) is 13.2 Å². The van der Waals surface area contributed by atoms with Crippen molar-refractivity contribution in [3.8, 4) is 0 Å². The fraction of sp³-hybridized carbons (Fsp3) is 0.714. The van der Waals surface area contributed by atoms with E-state index in [1.807, 2.05) is 0 Å². The second kappa shape index (κ2) is 4.58. The predicted molar refractivity (Wildman–Crippen MR) is 50.6 cm³/mol. The zero-order valence-electron chi connectivity index (χ0n) is 8.39. The Morgan fingerprint density at radius 3 is 2.20 bits per heavy atom. The Morgan fingerprint density at radius 1 is 1.47 bits per heavy atom. The maximum atomic E-state index is 11.3. The summed E-state index contributed by atoms with van der Waals surface area (Å²) in [5.74, 6) is -2.74. The van der Waals surface area contributed by atoms with Crippen LogP contribution in [-0.2, 0) is 24.2 Å². The third kappa shape index (κ3) is 3.17. The quantitative estimate of drug-likeness (QED) is 0.573. The molecule has 0 rings (SSSR count). The van der Waals surface area contributed by atoms with E-state index in [-0.39, 0.29) is 6.61 Å². The van der Waals surface area contributed by atoms with Crippen molar-refractivity contribution in [2.24, 2.45) is 5.73 Å². The van der Waals surface area contributed by atoms with Gasteiger partial charge in [0.05, 0.1) is 13.0 Å². The standard InChI is InChI=1S/C7H13NO6S/c1-3-14-6(11)7(8,4-5(9)10)15(2,12)13/h3-4,8H2,1-2H3,(H,9,10). The molecule has 1 unspecified atom stereocenters. The molecule has 0 heterocycles. The van der Waals surface area contributed by atoms with E-state index >= 15 is 0 Å². The smallest absolute Gasteiger partial charge is 0.342 e. The lowest BCUT2D eigenvalue weighted by molar-refractivity contribution is -0.150. The molecule has 0 radical (unpaired) electrons. The van der Waals surface area contributed by atoms with Gasteiger partial charge < -0.3 is 15.6 Å². The van der Waals surface area contributed by atoms with Crippen LogP contribution < -0.4 is 5.73 Å². The summed E-state index contributed by atoms with van der Waals surface area (Å²) in [4.78, 5) is 19.2. The van der Waals surface area contributed by atoms with E-state index in [2.05, 4.69) is 4.74 Å². The number of carbonyl (C=O) groups is 2. The zero-order valence-corrected chi connectivity index (χ0v) is 9.20. The van der Waals surface area contributed by atoms with Crippen LogP contribution in [0.15, 0.2) is 0 Å². The van der Waals surface area contributed by atoms with E-state index in [0.29, 0.717) is 6.26 Å². The molecule has 0 saturated heterocycles. The largest absolute Gasteiger partial charge is 0.481 e. The number of carboxylic acids is 1. The van der Waals surface area contributed by atoms with Crippen LogP contribution in [0.5, 0.6) is 0 Å². The minimum atomic E-state index is -4.06. The van der Waals surface area contributed by atoms with Gasteiger partial charge in [0.15, 0.2) is 9.84 Å². The average molecular weight is 239 g/mol. The highest BCUT2D eigenvalue weighted by molar-refractivity contribution is 7.92. The number of sulfone groups is 1. The Kier molecular flexibility index (Phi) is 4.23. The number of hydrogen-bond acceptors (Lipinski definition) is 6. The molecule has 0 bridgehead atoms. The molecule has 1 atom stereocenters. The van der Waals surface area contributed by atoms with Crippen molar-refractivity contribution in [2.75, 3.05) is 12.9 Å². The van der Waals surface area contributed by atoms with E-state index in [1.54, 1.807) is 0 Å².